The van der Waals surface area contributed by atoms with Crippen molar-refractivity contribution in [2.24, 2.45) is 0 Å². The highest BCUT2D eigenvalue weighted by atomic mass is 32.1. The first-order chi connectivity index (χ1) is 13.8. The molecule has 3 rings (SSSR count). The summed E-state index contributed by atoms with van der Waals surface area (Å²) in [4.78, 5) is 41.3. The number of anilines is 1. The fourth-order valence-electron chi connectivity index (χ4n) is 2.78. The molecule has 0 unspecified atom stereocenters. The lowest BCUT2D eigenvalue weighted by molar-refractivity contribution is -0.114. The van der Waals surface area contributed by atoms with Crippen molar-refractivity contribution in [2.75, 3.05) is 5.32 Å². The van der Waals surface area contributed by atoms with Crippen LogP contribution in [0.5, 0.6) is 0 Å². The van der Waals surface area contributed by atoms with Crippen LogP contribution in [0.3, 0.4) is 0 Å². The zero-order valence-corrected chi connectivity index (χ0v) is 17.1. The number of esters is 1. The molecule has 0 fully saturated rings. The fraction of sp³-hybridized carbons (Fsp3) is 0.182. The van der Waals surface area contributed by atoms with Gasteiger partial charge in [0.1, 0.15) is 4.88 Å². The minimum absolute atomic E-state index is 0.194. The maximum Gasteiger partial charge on any atom is 0.351 e. The maximum absolute atomic E-state index is 12.7. The third-order valence-corrected chi connectivity index (χ3v) is 5.06. The second-order valence-corrected chi connectivity index (χ2v) is 7.65. The first kappa shape index (κ1) is 20.4. The van der Waals surface area contributed by atoms with Gasteiger partial charge in [-0.05, 0) is 38.1 Å². The molecule has 29 heavy (non-hydrogen) atoms. The van der Waals surface area contributed by atoms with Crippen molar-refractivity contribution in [2.45, 2.75) is 26.9 Å². The van der Waals surface area contributed by atoms with E-state index in [0.717, 1.165) is 10.6 Å². The predicted molar refractivity (Wildman–Crippen MR) is 112 cm³/mol. The summed E-state index contributed by atoms with van der Waals surface area (Å²) in [6.07, 6.45) is -0.958. The van der Waals surface area contributed by atoms with Crippen LogP contribution in [-0.2, 0) is 9.53 Å². The van der Waals surface area contributed by atoms with Crippen LogP contribution in [0, 0.1) is 6.92 Å². The minimum atomic E-state index is -0.958. The van der Waals surface area contributed by atoms with Crippen molar-refractivity contribution < 1.29 is 19.1 Å². The van der Waals surface area contributed by atoms with Crippen molar-refractivity contribution in [3.05, 3.63) is 70.0 Å². The maximum atomic E-state index is 12.7. The third kappa shape index (κ3) is 4.94. The van der Waals surface area contributed by atoms with Crippen LogP contribution in [0.25, 0.3) is 11.3 Å². The molecule has 0 aliphatic heterocycles. The molecule has 1 amide bonds. The monoisotopic (exact) mass is 408 g/mol. The Bertz CT molecular complexity index is 1040. The number of benzene rings is 2. The zero-order chi connectivity index (χ0) is 21.0. The molecular weight excluding hydrogens is 388 g/mol. The van der Waals surface area contributed by atoms with Crippen molar-refractivity contribution in [3.63, 3.8) is 0 Å². The molecule has 0 bridgehead atoms. The number of aromatic nitrogens is 1. The molecule has 6 nitrogen and oxygen atoms in total. The second kappa shape index (κ2) is 8.79. The molecule has 1 N–H and O–H groups in total. The number of thiazole rings is 1. The Balaban J connectivity index is 1.74. The average Bonchev–Trinajstić information content (AvgIpc) is 3.10. The summed E-state index contributed by atoms with van der Waals surface area (Å²) in [5.41, 5.74) is 2.35. The number of ketones is 1. The van der Waals surface area contributed by atoms with Gasteiger partial charge in [-0.1, -0.05) is 30.3 Å². The molecule has 2 aromatic carbocycles. The van der Waals surface area contributed by atoms with E-state index in [4.69, 9.17) is 4.74 Å². The summed E-state index contributed by atoms with van der Waals surface area (Å²) in [5.74, 6) is -1.10. The number of rotatable bonds is 6. The predicted octanol–water partition coefficient (Wildman–Crippen LogP) is 4.51. The number of amides is 1. The van der Waals surface area contributed by atoms with E-state index in [9.17, 15) is 14.4 Å². The van der Waals surface area contributed by atoms with Crippen LogP contribution in [0.4, 0.5) is 5.69 Å². The number of ether oxygens (including phenoxy) is 1. The van der Waals surface area contributed by atoms with Crippen molar-refractivity contribution in [3.8, 4) is 11.3 Å². The van der Waals surface area contributed by atoms with E-state index in [0.29, 0.717) is 21.8 Å². The Morgan fingerprint density at radius 1 is 1.03 bits per heavy atom. The molecule has 1 atom stereocenters. The smallest absolute Gasteiger partial charge is 0.351 e. The Labute approximate surface area is 172 Å². The van der Waals surface area contributed by atoms with E-state index in [1.54, 1.807) is 24.3 Å². The molecule has 1 aromatic heterocycles. The van der Waals surface area contributed by atoms with E-state index in [1.165, 1.54) is 25.2 Å². The molecule has 0 spiro atoms. The molecule has 0 aliphatic carbocycles. The second-order valence-electron chi connectivity index (χ2n) is 6.45. The summed E-state index contributed by atoms with van der Waals surface area (Å²) >= 11 is 1.24. The van der Waals surface area contributed by atoms with Crippen LogP contribution < -0.4 is 5.32 Å². The van der Waals surface area contributed by atoms with E-state index in [-0.39, 0.29) is 11.7 Å². The topological polar surface area (TPSA) is 85.4 Å². The first-order valence-electron chi connectivity index (χ1n) is 9.01. The Morgan fingerprint density at radius 3 is 2.31 bits per heavy atom. The molecular formula is C22H20N2O4S. The van der Waals surface area contributed by atoms with E-state index in [2.05, 4.69) is 10.3 Å². The summed E-state index contributed by atoms with van der Waals surface area (Å²) < 4.78 is 5.44. The number of carbonyl (C=O) groups excluding carboxylic acids is 3. The number of Topliss-reactive ketones (excluding diaryl/α,β-unsaturated/α-hetero) is 1. The largest absolute Gasteiger partial charge is 0.450 e. The molecule has 148 valence electrons. The Morgan fingerprint density at radius 2 is 1.69 bits per heavy atom. The molecule has 0 aliphatic rings. The van der Waals surface area contributed by atoms with Crippen LogP contribution in [0.1, 0.15) is 38.9 Å². The van der Waals surface area contributed by atoms with E-state index < -0.39 is 12.1 Å². The summed E-state index contributed by atoms with van der Waals surface area (Å²) in [6, 6.07) is 15.8. The van der Waals surface area contributed by atoms with Gasteiger partial charge in [0, 0.05) is 23.7 Å². The van der Waals surface area contributed by atoms with Gasteiger partial charge in [0.25, 0.3) is 0 Å². The zero-order valence-electron chi connectivity index (χ0n) is 16.3. The van der Waals surface area contributed by atoms with Gasteiger partial charge < -0.3 is 10.1 Å². The summed E-state index contributed by atoms with van der Waals surface area (Å²) in [6.45, 7) is 4.77. The molecule has 0 saturated carbocycles. The highest BCUT2D eigenvalue weighted by Gasteiger charge is 2.25. The van der Waals surface area contributed by atoms with Gasteiger partial charge in [-0.15, -0.1) is 11.3 Å². The Kier molecular flexibility index (Phi) is 6.19. The van der Waals surface area contributed by atoms with Gasteiger partial charge in [0.05, 0.1) is 10.7 Å². The minimum Gasteiger partial charge on any atom is -0.450 e. The van der Waals surface area contributed by atoms with Crippen LogP contribution >= 0.6 is 11.3 Å². The van der Waals surface area contributed by atoms with E-state index >= 15 is 0 Å². The van der Waals surface area contributed by atoms with Gasteiger partial charge in [0.15, 0.2) is 6.10 Å². The van der Waals surface area contributed by atoms with Crippen molar-refractivity contribution in [1.29, 1.82) is 0 Å². The molecule has 0 saturated heterocycles. The van der Waals surface area contributed by atoms with Gasteiger partial charge in [-0.2, -0.15) is 0 Å². The summed E-state index contributed by atoms with van der Waals surface area (Å²) in [5, 5.41) is 3.38. The standard InChI is InChI=1S/C22H20N2O4S/c1-13(20(26)17-9-11-18(12-10-17)23-14(2)25)28-22(27)21-19(24-15(3)29-21)16-7-5-4-6-8-16/h4-13H,1-3H3,(H,23,25)/t13-/m0/s1. The highest BCUT2D eigenvalue weighted by Crippen LogP contribution is 2.29. The van der Waals surface area contributed by atoms with Crippen molar-refractivity contribution in [1.82, 2.24) is 4.98 Å². The van der Waals surface area contributed by atoms with Gasteiger partial charge in [0.2, 0.25) is 11.7 Å². The first-order valence-corrected chi connectivity index (χ1v) is 9.82. The SMILES string of the molecule is CC(=O)Nc1ccc(C(=O)[C@H](C)OC(=O)c2sc(C)nc2-c2ccccc2)cc1. The fourth-order valence-corrected chi connectivity index (χ4v) is 3.60. The number of nitrogens with one attached hydrogen (secondary N) is 1. The number of hydrogen-bond acceptors (Lipinski definition) is 6. The van der Waals surface area contributed by atoms with E-state index in [1.807, 2.05) is 37.3 Å². The third-order valence-electron chi connectivity index (χ3n) is 4.11. The van der Waals surface area contributed by atoms with Gasteiger partial charge in [-0.25, -0.2) is 9.78 Å². The normalized spacial score (nSPS) is 11.6. The summed E-state index contributed by atoms with van der Waals surface area (Å²) in [7, 11) is 0. The molecule has 7 heteroatoms. The quantitative estimate of drug-likeness (QED) is 0.479. The Hall–Kier alpha value is -3.32. The highest BCUT2D eigenvalue weighted by molar-refractivity contribution is 7.14. The number of hydrogen-bond donors (Lipinski definition) is 1. The van der Waals surface area contributed by atoms with Crippen molar-refractivity contribution >= 4 is 34.7 Å². The number of carbonyl (C=O) groups is 3. The van der Waals surface area contributed by atoms with Crippen LogP contribution in [0.15, 0.2) is 54.6 Å². The number of nitrogens with zero attached hydrogens (tertiary/aromatic N) is 1. The van der Waals surface area contributed by atoms with Crippen LogP contribution in [0.2, 0.25) is 0 Å². The van der Waals surface area contributed by atoms with Gasteiger partial charge in [-0.3, -0.25) is 9.59 Å². The lowest BCUT2D eigenvalue weighted by atomic mass is 10.1. The van der Waals surface area contributed by atoms with Crippen LogP contribution in [-0.4, -0.2) is 28.7 Å². The number of aryl methyl sites for hydroxylation is 1. The average molecular weight is 408 g/mol. The lowest BCUT2D eigenvalue weighted by Gasteiger charge is -2.12. The molecule has 1 heterocycles. The van der Waals surface area contributed by atoms with Gasteiger partial charge >= 0.3 is 5.97 Å². The molecule has 3 aromatic rings. The lowest BCUT2D eigenvalue weighted by Crippen LogP contribution is -2.24. The molecule has 0 radical (unpaired) electrons.